The van der Waals surface area contributed by atoms with E-state index in [2.05, 4.69) is 31.1 Å². The maximum absolute atomic E-state index is 3.74. The summed E-state index contributed by atoms with van der Waals surface area (Å²) in [5.41, 5.74) is 0. The van der Waals surface area contributed by atoms with Gasteiger partial charge >= 0.3 is 0 Å². The van der Waals surface area contributed by atoms with E-state index in [4.69, 9.17) is 0 Å². The zero-order valence-corrected chi connectivity index (χ0v) is 10.1. The van der Waals surface area contributed by atoms with E-state index in [9.17, 15) is 0 Å². The third-order valence-corrected chi connectivity index (χ3v) is 3.14. The van der Waals surface area contributed by atoms with Gasteiger partial charge in [0.05, 0.1) is 0 Å². The van der Waals surface area contributed by atoms with Crippen LogP contribution in [0.4, 0.5) is 0 Å². The number of piperidine rings is 1. The molecule has 1 heterocycles. The van der Waals surface area contributed by atoms with Gasteiger partial charge in [-0.2, -0.15) is 0 Å². The molecule has 1 fully saturated rings. The van der Waals surface area contributed by atoms with Crippen molar-refractivity contribution in [2.75, 3.05) is 20.1 Å². The molecule has 1 saturated heterocycles. The molecule has 1 aliphatic heterocycles. The fraction of sp³-hybridized carbons (Fsp3) is 1.00. The maximum atomic E-state index is 3.74. The lowest BCUT2D eigenvalue weighted by atomic mass is 10.0. The number of likely N-dealkylation sites (N-methyl/N-ethyl adjacent to an activating group) is 1. The van der Waals surface area contributed by atoms with Gasteiger partial charge in [-0.1, -0.05) is 19.8 Å². The van der Waals surface area contributed by atoms with Crippen LogP contribution in [0.25, 0.3) is 0 Å². The third kappa shape index (κ3) is 4.43. The van der Waals surface area contributed by atoms with Crippen molar-refractivity contribution < 1.29 is 0 Å². The molecule has 0 spiro atoms. The Labute approximate surface area is 89.1 Å². The van der Waals surface area contributed by atoms with Crippen LogP contribution in [-0.2, 0) is 0 Å². The van der Waals surface area contributed by atoms with Gasteiger partial charge in [-0.3, -0.25) is 0 Å². The number of rotatable bonds is 5. The molecule has 0 amide bonds. The minimum atomic E-state index is 0.700. The molecule has 2 atom stereocenters. The summed E-state index contributed by atoms with van der Waals surface area (Å²) in [6, 6.07) is 1.44. The summed E-state index contributed by atoms with van der Waals surface area (Å²) in [6.45, 7) is 7.10. The Bertz CT molecular complexity index is 147. The Morgan fingerprint density at radius 3 is 2.93 bits per heavy atom. The van der Waals surface area contributed by atoms with E-state index in [1.165, 1.54) is 45.2 Å². The topological polar surface area (TPSA) is 15.3 Å². The zero-order chi connectivity index (χ0) is 10.4. The van der Waals surface area contributed by atoms with Gasteiger partial charge in [-0.05, 0) is 39.8 Å². The minimum Gasteiger partial charge on any atom is -0.310 e. The zero-order valence-electron chi connectivity index (χ0n) is 10.1. The number of likely N-dealkylation sites (tertiary alicyclic amines) is 1. The highest BCUT2D eigenvalue weighted by atomic mass is 15.1. The summed E-state index contributed by atoms with van der Waals surface area (Å²) < 4.78 is 0. The van der Waals surface area contributed by atoms with Crippen LogP contribution in [0.5, 0.6) is 0 Å². The van der Waals surface area contributed by atoms with Crippen LogP contribution in [0, 0.1) is 0 Å². The molecule has 0 saturated carbocycles. The second kappa shape index (κ2) is 6.41. The van der Waals surface area contributed by atoms with E-state index in [0.29, 0.717) is 6.04 Å². The Morgan fingerprint density at radius 1 is 1.50 bits per heavy atom. The quantitative estimate of drug-likeness (QED) is 0.729. The highest BCUT2D eigenvalue weighted by Gasteiger charge is 2.17. The number of hydrogen-bond donors (Lipinski definition) is 1. The van der Waals surface area contributed by atoms with Crippen molar-refractivity contribution in [3.05, 3.63) is 0 Å². The molecule has 0 aromatic heterocycles. The molecule has 2 heteroatoms. The fourth-order valence-corrected chi connectivity index (χ4v) is 2.30. The first-order valence-corrected chi connectivity index (χ1v) is 6.17. The van der Waals surface area contributed by atoms with E-state index in [0.717, 1.165) is 6.04 Å². The Kier molecular flexibility index (Phi) is 5.49. The van der Waals surface area contributed by atoms with Gasteiger partial charge in [0.1, 0.15) is 0 Å². The summed E-state index contributed by atoms with van der Waals surface area (Å²) in [4.78, 5) is 2.44. The van der Waals surface area contributed by atoms with Crippen LogP contribution in [-0.4, -0.2) is 37.1 Å². The van der Waals surface area contributed by atoms with E-state index < -0.39 is 0 Å². The minimum absolute atomic E-state index is 0.700. The average Bonchev–Trinajstić information content (AvgIpc) is 2.15. The SMILES string of the molecule is CCCCC(C)NC1CCCN(C)C1. The number of unbranched alkanes of at least 4 members (excludes halogenated alkanes) is 1. The lowest BCUT2D eigenvalue weighted by Gasteiger charge is -2.32. The predicted molar refractivity (Wildman–Crippen MR) is 62.6 cm³/mol. The van der Waals surface area contributed by atoms with Crippen LogP contribution in [0.3, 0.4) is 0 Å². The summed E-state index contributed by atoms with van der Waals surface area (Å²) in [7, 11) is 2.23. The van der Waals surface area contributed by atoms with Crippen molar-refractivity contribution in [2.24, 2.45) is 0 Å². The van der Waals surface area contributed by atoms with Crippen molar-refractivity contribution in [3.63, 3.8) is 0 Å². The van der Waals surface area contributed by atoms with E-state index >= 15 is 0 Å². The standard InChI is InChI=1S/C12H26N2/c1-4-5-7-11(2)13-12-8-6-9-14(3)10-12/h11-13H,4-10H2,1-3H3. The van der Waals surface area contributed by atoms with Crippen LogP contribution < -0.4 is 5.32 Å². The van der Waals surface area contributed by atoms with Crippen LogP contribution in [0.1, 0.15) is 46.0 Å². The highest BCUT2D eigenvalue weighted by Crippen LogP contribution is 2.10. The molecule has 2 unspecified atom stereocenters. The van der Waals surface area contributed by atoms with Gasteiger partial charge in [0.2, 0.25) is 0 Å². The molecule has 14 heavy (non-hydrogen) atoms. The van der Waals surface area contributed by atoms with E-state index in [1.807, 2.05) is 0 Å². The van der Waals surface area contributed by atoms with Gasteiger partial charge in [-0.25, -0.2) is 0 Å². The molecule has 84 valence electrons. The van der Waals surface area contributed by atoms with E-state index in [-0.39, 0.29) is 0 Å². The molecule has 1 rings (SSSR count). The van der Waals surface area contributed by atoms with Gasteiger partial charge < -0.3 is 10.2 Å². The number of hydrogen-bond acceptors (Lipinski definition) is 2. The second-order valence-corrected chi connectivity index (χ2v) is 4.81. The van der Waals surface area contributed by atoms with Crippen LogP contribution >= 0.6 is 0 Å². The van der Waals surface area contributed by atoms with E-state index in [1.54, 1.807) is 0 Å². The normalized spacial score (nSPS) is 26.4. The molecular formula is C12H26N2. The molecule has 0 radical (unpaired) electrons. The molecule has 1 aliphatic rings. The summed E-state index contributed by atoms with van der Waals surface area (Å²) >= 11 is 0. The van der Waals surface area contributed by atoms with Gasteiger partial charge in [0.25, 0.3) is 0 Å². The van der Waals surface area contributed by atoms with Crippen molar-refractivity contribution in [1.29, 1.82) is 0 Å². The monoisotopic (exact) mass is 198 g/mol. The summed E-state index contributed by atoms with van der Waals surface area (Å²) in [5.74, 6) is 0. The number of nitrogens with zero attached hydrogens (tertiary/aromatic N) is 1. The highest BCUT2D eigenvalue weighted by molar-refractivity contribution is 4.78. The molecule has 0 aliphatic carbocycles. The lowest BCUT2D eigenvalue weighted by Crippen LogP contribution is -2.47. The van der Waals surface area contributed by atoms with Gasteiger partial charge in [0, 0.05) is 18.6 Å². The predicted octanol–water partition coefficient (Wildman–Crippen LogP) is 2.25. The molecule has 0 aromatic rings. The first-order valence-electron chi connectivity index (χ1n) is 6.17. The molecule has 0 aromatic carbocycles. The Hall–Kier alpha value is -0.0800. The Balaban J connectivity index is 2.15. The number of nitrogens with one attached hydrogen (secondary N) is 1. The van der Waals surface area contributed by atoms with Crippen LogP contribution in [0.15, 0.2) is 0 Å². The molecular weight excluding hydrogens is 172 g/mol. The van der Waals surface area contributed by atoms with Crippen molar-refractivity contribution in [3.8, 4) is 0 Å². The van der Waals surface area contributed by atoms with Gasteiger partial charge in [0.15, 0.2) is 0 Å². The molecule has 0 bridgehead atoms. The van der Waals surface area contributed by atoms with Crippen LogP contribution in [0.2, 0.25) is 0 Å². The van der Waals surface area contributed by atoms with Crippen molar-refractivity contribution in [2.45, 2.75) is 58.0 Å². The largest absolute Gasteiger partial charge is 0.310 e. The second-order valence-electron chi connectivity index (χ2n) is 4.81. The summed E-state index contributed by atoms with van der Waals surface area (Å²) in [5, 5.41) is 3.74. The average molecular weight is 198 g/mol. The maximum Gasteiger partial charge on any atom is 0.0197 e. The molecule has 2 nitrogen and oxygen atoms in total. The molecule has 1 N–H and O–H groups in total. The third-order valence-electron chi connectivity index (χ3n) is 3.14. The summed E-state index contributed by atoms with van der Waals surface area (Å²) in [6.07, 6.45) is 6.72. The van der Waals surface area contributed by atoms with Gasteiger partial charge in [-0.15, -0.1) is 0 Å². The first-order chi connectivity index (χ1) is 6.72. The van der Waals surface area contributed by atoms with Crippen molar-refractivity contribution in [1.82, 2.24) is 10.2 Å². The smallest absolute Gasteiger partial charge is 0.0197 e. The fourth-order valence-electron chi connectivity index (χ4n) is 2.30. The first kappa shape index (κ1) is 12.0. The lowest BCUT2D eigenvalue weighted by molar-refractivity contribution is 0.216. The van der Waals surface area contributed by atoms with Crippen molar-refractivity contribution >= 4 is 0 Å². The Morgan fingerprint density at radius 2 is 2.29 bits per heavy atom.